The van der Waals surface area contributed by atoms with E-state index in [9.17, 15) is 14.7 Å². The number of hydrogen-bond acceptors (Lipinski definition) is 7. The van der Waals surface area contributed by atoms with Crippen LogP contribution in [0.3, 0.4) is 0 Å². The Morgan fingerprint density at radius 1 is 1.06 bits per heavy atom. The summed E-state index contributed by atoms with van der Waals surface area (Å²) in [4.78, 5) is 26.2. The lowest BCUT2D eigenvalue weighted by Gasteiger charge is -2.32. The molecule has 1 N–H and O–H groups in total. The van der Waals surface area contributed by atoms with Crippen LogP contribution in [0.15, 0.2) is 66.3 Å². The summed E-state index contributed by atoms with van der Waals surface area (Å²) in [5, 5.41) is 15.4. The van der Waals surface area contributed by atoms with Crippen molar-refractivity contribution in [1.82, 2.24) is 19.6 Å². The molecule has 2 fully saturated rings. The Hall–Kier alpha value is -4.13. The highest BCUT2D eigenvalue weighted by Crippen LogP contribution is 2.42. The summed E-state index contributed by atoms with van der Waals surface area (Å²) in [6.07, 6.45) is 7.53. The Bertz CT molecular complexity index is 1670. The van der Waals surface area contributed by atoms with E-state index < -0.39 is 24.4 Å². The Morgan fingerprint density at radius 3 is 2.37 bits per heavy atom. The van der Waals surface area contributed by atoms with E-state index in [4.69, 9.17) is 23.9 Å². The lowest BCUT2D eigenvalue weighted by molar-refractivity contribution is -0.123. The average Bonchev–Trinajstić information content (AvgIpc) is 3.59. The largest absolute Gasteiger partial charge is 0.492 e. The molecule has 262 valence electrons. The summed E-state index contributed by atoms with van der Waals surface area (Å²) < 4.78 is 27.1. The molecule has 3 heterocycles. The van der Waals surface area contributed by atoms with Gasteiger partial charge in [-0.05, 0) is 99.8 Å². The number of allylic oxidation sites excluding steroid dienone is 1. The van der Waals surface area contributed by atoms with E-state index in [1.807, 2.05) is 35.1 Å². The van der Waals surface area contributed by atoms with Crippen LogP contribution in [0.2, 0.25) is 0 Å². The number of amides is 2. The van der Waals surface area contributed by atoms with E-state index in [0.717, 1.165) is 58.9 Å². The zero-order valence-corrected chi connectivity index (χ0v) is 29.8. The van der Waals surface area contributed by atoms with Crippen molar-refractivity contribution in [3.05, 3.63) is 77.4 Å². The van der Waals surface area contributed by atoms with Gasteiger partial charge in [0.1, 0.15) is 12.4 Å². The SMILES string of the molecule is CCC(B1OC(C)(C)C(C)(C)O1)=C(c1ccc(OCCN(CC=CC(=O)N(C)C)C(=O)O)cc1)c1ccc2c(cnn2C2CCCCO2)c1. The van der Waals surface area contributed by atoms with Crippen molar-refractivity contribution in [2.24, 2.45) is 0 Å². The summed E-state index contributed by atoms with van der Waals surface area (Å²) >= 11 is 0. The fraction of sp³-hybridized carbons (Fsp3) is 0.486. The van der Waals surface area contributed by atoms with E-state index in [2.05, 4.69) is 52.8 Å². The number of likely N-dealkylation sites (N-methyl/N-ethyl adjacent to an activating group) is 1. The molecular formula is C37H49BN4O7. The van der Waals surface area contributed by atoms with Crippen molar-refractivity contribution in [2.75, 3.05) is 40.4 Å². The fourth-order valence-electron chi connectivity index (χ4n) is 6.03. The van der Waals surface area contributed by atoms with Gasteiger partial charge in [0, 0.05) is 38.7 Å². The second kappa shape index (κ2) is 15.2. The van der Waals surface area contributed by atoms with Gasteiger partial charge in [0.05, 0.1) is 29.5 Å². The number of aromatic nitrogens is 2. The van der Waals surface area contributed by atoms with Crippen molar-refractivity contribution in [3.63, 3.8) is 0 Å². The maximum absolute atomic E-state index is 11.8. The molecule has 0 radical (unpaired) electrons. The Balaban J connectivity index is 1.41. The van der Waals surface area contributed by atoms with E-state index in [0.29, 0.717) is 12.2 Å². The number of nitrogens with zero attached hydrogens (tertiary/aromatic N) is 4. The van der Waals surface area contributed by atoms with Crippen LogP contribution in [-0.2, 0) is 18.8 Å². The van der Waals surface area contributed by atoms with E-state index in [1.165, 1.54) is 22.0 Å². The first-order valence-corrected chi connectivity index (χ1v) is 17.1. The molecule has 2 amide bonds. The summed E-state index contributed by atoms with van der Waals surface area (Å²) in [5.41, 5.74) is 4.10. The molecule has 0 saturated carbocycles. The van der Waals surface area contributed by atoms with Crippen LogP contribution < -0.4 is 4.74 Å². The lowest BCUT2D eigenvalue weighted by Crippen LogP contribution is -2.41. The molecule has 11 nitrogen and oxygen atoms in total. The highest BCUT2D eigenvalue weighted by molar-refractivity contribution is 6.56. The number of hydrogen-bond donors (Lipinski definition) is 1. The van der Waals surface area contributed by atoms with Gasteiger partial charge in [-0.2, -0.15) is 5.10 Å². The molecule has 12 heteroatoms. The molecule has 1 unspecified atom stereocenters. The summed E-state index contributed by atoms with van der Waals surface area (Å²) in [5.74, 6) is 0.411. The molecule has 5 rings (SSSR count). The molecule has 2 aromatic carbocycles. The lowest BCUT2D eigenvalue weighted by atomic mass is 9.70. The summed E-state index contributed by atoms with van der Waals surface area (Å²) in [7, 11) is 2.75. The second-order valence-electron chi connectivity index (χ2n) is 13.8. The van der Waals surface area contributed by atoms with Gasteiger partial charge in [-0.1, -0.05) is 31.2 Å². The van der Waals surface area contributed by atoms with Gasteiger partial charge in [0.25, 0.3) is 0 Å². The van der Waals surface area contributed by atoms with Crippen molar-refractivity contribution in [1.29, 1.82) is 0 Å². The van der Waals surface area contributed by atoms with Gasteiger partial charge >= 0.3 is 13.2 Å². The Morgan fingerprint density at radius 2 is 1.76 bits per heavy atom. The molecular weight excluding hydrogens is 623 g/mol. The normalized spacial score (nSPS) is 19.2. The van der Waals surface area contributed by atoms with E-state index >= 15 is 0 Å². The van der Waals surface area contributed by atoms with Crippen LogP contribution in [-0.4, -0.2) is 95.4 Å². The number of rotatable bonds is 12. The molecule has 2 saturated heterocycles. The van der Waals surface area contributed by atoms with Gasteiger partial charge in [0.2, 0.25) is 5.91 Å². The minimum atomic E-state index is -1.08. The first kappa shape index (κ1) is 36.2. The van der Waals surface area contributed by atoms with Crippen molar-refractivity contribution < 1.29 is 33.5 Å². The third-order valence-electron chi connectivity index (χ3n) is 9.62. The summed E-state index contributed by atoms with van der Waals surface area (Å²) in [6.45, 7) is 11.5. The highest BCUT2D eigenvalue weighted by atomic mass is 16.7. The molecule has 0 bridgehead atoms. The van der Waals surface area contributed by atoms with Gasteiger partial charge in [-0.25, -0.2) is 9.48 Å². The van der Waals surface area contributed by atoms with E-state index in [-0.39, 0.29) is 31.8 Å². The zero-order valence-electron chi connectivity index (χ0n) is 29.8. The third kappa shape index (κ3) is 8.20. The molecule has 49 heavy (non-hydrogen) atoms. The standard InChI is InChI=1S/C37H49BN4O7/c1-8-30(38-48-36(2,3)37(4,5)49-38)34(27-16-19-31-28(24-27)25-39-42(31)33-13-9-10-22-47-33)26-14-17-29(18-15-26)46-23-21-41(35(44)45)20-11-12-32(43)40(6)7/h11-12,14-19,24-25,33H,8-10,13,20-23H2,1-7H3,(H,44,45). The van der Waals surface area contributed by atoms with Gasteiger partial charge in [-0.3, -0.25) is 4.79 Å². The number of ether oxygens (including phenoxy) is 2. The van der Waals surface area contributed by atoms with Crippen molar-refractivity contribution in [2.45, 2.75) is 77.7 Å². The number of benzene rings is 2. The second-order valence-corrected chi connectivity index (χ2v) is 13.8. The van der Waals surface area contributed by atoms with Crippen LogP contribution in [0, 0.1) is 0 Å². The molecule has 2 aliphatic rings. The van der Waals surface area contributed by atoms with Crippen LogP contribution in [0.4, 0.5) is 4.79 Å². The van der Waals surface area contributed by atoms with Gasteiger partial charge in [-0.15, -0.1) is 0 Å². The summed E-state index contributed by atoms with van der Waals surface area (Å²) in [6, 6.07) is 14.2. The van der Waals surface area contributed by atoms with Crippen molar-refractivity contribution in [3.8, 4) is 5.75 Å². The minimum absolute atomic E-state index is 0.0538. The first-order chi connectivity index (χ1) is 23.3. The quantitative estimate of drug-likeness (QED) is 0.170. The molecule has 1 atom stereocenters. The average molecular weight is 673 g/mol. The predicted octanol–water partition coefficient (Wildman–Crippen LogP) is 6.58. The van der Waals surface area contributed by atoms with Crippen LogP contribution in [0.25, 0.3) is 16.5 Å². The molecule has 2 aliphatic heterocycles. The monoisotopic (exact) mass is 672 g/mol. The number of carbonyl (C=O) groups is 2. The van der Waals surface area contributed by atoms with Gasteiger partial charge < -0.3 is 33.7 Å². The predicted molar refractivity (Wildman–Crippen MR) is 190 cm³/mol. The van der Waals surface area contributed by atoms with Crippen molar-refractivity contribution >= 4 is 35.6 Å². The molecule has 0 spiro atoms. The van der Waals surface area contributed by atoms with Crippen LogP contribution in [0.1, 0.15) is 77.7 Å². The Kier molecular flexibility index (Phi) is 11.2. The number of fused-ring (bicyclic) bond motifs is 1. The Labute approximate surface area is 289 Å². The van der Waals surface area contributed by atoms with E-state index in [1.54, 1.807) is 14.1 Å². The molecule has 3 aromatic rings. The van der Waals surface area contributed by atoms with Gasteiger partial charge in [0.15, 0.2) is 6.23 Å². The zero-order chi connectivity index (χ0) is 35.3. The number of carbonyl (C=O) groups excluding carboxylic acids is 1. The first-order valence-electron chi connectivity index (χ1n) is 17.1. The topological polar surface area (TPSA) is 116 Å². The maximum Gasteiger partial charge on any atom is 0.491 e. The van der Waals surface area contributed by atoms with Crippen LogP contribution in [0.5, 0.6) is 5.75 Å². The fourth-order valence-corrected chi connectivity index (χ4v) is 6.03. The third-order valence-corrected chi connectivity index (χ3v) is 9.62. The molecule has 1 aromatic heterocycles. The van der Waals surface area contributed by atoms with Crippen LogP contribution >= 0.6 is 0 Å². The number of carboxylic acid groups (broad SMARTS) is 1. The molecule has 0 aliphatic carbocycles. The maximum atomic E-state index is 11.8. The minimum Gasteiger partial charge on any atom is -0.492 e. The highest BCUT2D eigenvalue weighted by Gasteiger charge is 2.52. The smallest absolute Gasteiger partial charge is 0.491 e.